The Balaban J connectivity index is 2.34. The summed E-state index contributed by atoms with van der Waals surface area (Å²) >= 11 is 0. The van der Waals surface area contributed by atoms with Gasteiger partial charge in [-0.3, -0.25) is 4.79 Å². The van der Waals surface area contributed by atoms with E-state index in [1.54, 1.807) is 27.7 Å². The highest BCUT2D eigenvalue weighted by Gasteiger charge is 2.42. The van der Waals surface area contributed by atoms with Crippen molar-refractivity contribution >= 4 is 11.9 Å². The summed E-state index contributed by atoms with van der Waals surface area (Å²) < 4.78 is 38.4. The lowest BCUT2D eigenvalue weighted by molar-refractivity contribution is -0.141. The Bertz CT molecular complexity index is 657. The van der Waals surface area contributed by atoms with Crippen LogP contribution >= 0.6 is 0 Å². The second kappa shape index (κ2) is 7.47. The number of hydrogen-bond donors (Lipinski definition) is 1. The molecular weight excluding hydrogens is 332 g/mol. The molecule has 25 heavy (non-hydrogen) atoms. The third-order valence-electron chi connectivity index (χ3n) is 3.97. The Morgan fingerprint density at radius 2 is 2.04 bits per heavy atom. The molecule has 1 heterocycles. The van der Waals surface area contributed by atoms with Gasteiger partial charge in [0, 0.05) is 11.5 Å². The molecule has 3 atom stereocenters. The molecule has 1 saturated heterocycles. The maximum Gasteiger partial charge on any atom is 0.407 e. The van der Waals surface area contributed by atoms with Crippen molar-refractivity contribution in [2.24, 2.45) is 5.92 Å². The van der Waals surface area contributed by atoms with Crippen molar-refractivity contribution in [2.75, 3.05) is 6.61 Å². The van der Waals surface area contributed by atoms with Gasteiger partial charge >= 0.3 is 6.09 Å². The molecule has 1 unspecified atom stereocenters. The number of ketones is 1. The summed E-state index contributed by atoms with van der Waals surface area (Å²) in [7, 11) is 0. The predicted molar refractivity (Wildman–Crippen MR) is 87.0 cm³/mol. The van der Waals surface area contributed by atoms with Crippen LogP contribution in [-0.4, -0.2) is 30.1 Å². The van der Waals surface area contributed by atoms with E-state index in [1.165, 1.54) is 0 Å². The number of carbonyl (C=O) groups is 2. The lowest BCUT2D eigenvalue weighted by Gasteiger charge is -2.37. The number of rotatable bonds is 3. The van der Waals surface area contributed by atoms with Crippen molar-refractivity contribution in [2.45, 2.75) is 51.9 Å². The zero-order valence-corrected chi connectivity index (χ0v) is 14.8. The van der Waals surface area contributed by atoms with Gasteiger partial charge in [0.15, 0.2) is 5.78 Å². The zero-order chi connectivity index (χ0) is 18.8. The van der Waals surface area contributed by atoms with Crippen LogP contribution in [0.5, 0.6) is 0 Å². The minimum Gasteiger partial charge on any atom is -0.444 e. The second-order valence-electron chi connectivity index (χ2n) is 7.05. The number of ether oxygens (including phenoxy) is 2. The van der Waals surface area contributed by atoms with Gasteiger partial charge in [0.25, 0.3) is 0 Å². The molecule has 1 aromatic rings. The predicted octanol–water partition coefficient (Wildman–Crippen LogP) is 3.52. The van der Waals surface area contributed by atoms with Gasteiger partial charge in [-0.2, -0.15) is 0 Å². The Hall–Kier alpha value is -2.02. The molecule has 0 spiro atoms. The van der Waals surface area contributed by atoms with Gasteiger partial charge in [-0.25, -0.2) is 13.6 Å². The average molecular weight is 355 g/mol. The molecule has 138 valence electrons. The highest BCUT2D eigenvalue weighted by Crippen LogP contribution is 2.34. The van der Waals surface area contributed by atoms with E-state index in [-0.39, 0.29) is 18.0 Å². The van der Waals surface area contributed by atoms with Gasteiger partial charge in [-0.05, 0) is 45.4 Å². The molecule has 1 N–H and O–H groups in total. The lowest BCUT2D eigenvalue weighted by atomic mass is 9.84. The molecule has 1 fully saturated rings. The minimum atomic E-state index is -0.981. The molecule has 0 saturated carbocycles. The van der Waals surface area contributed by atoms with Crippen LogP contribution in [0.15, 0.2) is 18.2 Å². The van der Waals surface area contributed by atoms with Gasteiger partial charge < -0.3 is 14.8 Å². The molecule has 2 rings (SSSR count). The van der Waals surface area contributed by atoms with E-state index < -0.39 is 41.4 Å². The number of halogens is 2. The SMILES string of the molecule is CCC1C(=O)CO[C@H](c2cc(F)ccc2F)[C@H]1NC(=O)OC(C)(C)C. The first-order valence-corrected chi connectivity index (χ1v) is 8.21. The number of Topliss-reactive ketones (excluding diaryl/α,β-unsaturated/α-hetero) is 1. The normalized spacial score (nSPS) is 24.1. The van der Waals surface area contributed by atoms with Gasteiger partial charge in [0.2, 0.25) is 0 Å². The number of amides is 1. The minimum absolute atomic E-state index is 0.0352. The monoisotopic (exact) mass is 355 g/mol. The van der Waals surface area contributed by atoms with Crippen molar-refractivity contribution in [3.63, 3.8) is 0 Å². The molecule has 5 nitrogen and oxygen atoms in total. The fourth-order valence-corrected chi connectivity index (χ4v) is 2.91. The van der Waals surface area contributed by atoms with Crippen LogP contribution in [-0.2, 0) is 14.3 Å². The topological polar surface area (TPSA) is 64.6 Å². The number of carbonyl (C=O) groups excluding carboxylic acids is 2. The first-order chi connectivity index (χ1) is 11.6. The number of hydrogen-bond acceptors (Lipinski definition) is 4. The van der Waals surface area contributed by atoms with Crippen LogP contribution in [0.2, 0.25) is 0 Å². The Labute approximate surface area is 145 Å². The van der Waals surface area contributed by atoms with Crippen molar-refractivity contribution in [3.05, 3.63) is 35.4 Å². The van der Waals surface area contributed by atoms with E-state index >= 15 is 0 Å². The quantitative estimate of drug-likeness (QED) is 0.901. The summed E-state index contributed by atoms with van der Waals surface area (Å²) in [5.41, 5.74) is -0.766. The highest BCUT2D eigenvalue weighted by molar-refractivity contribution is 5.84. The first kappa shape index (κ1) is 19.3. The van der Waals surface area contributed by atoms with Crippen LogP contribution in [0, 0.1) is 17.6 Å². The summed E-state index contributed by atoms with van der Waals surface area (Å²) in [4.78, 5) is 24.3. The van der Waals surface area contributed by atoms with Crippen LogP contribution in [0.25, 0.3) is 0 Å². The largest absolute Gasteiger partial charge is 0.444 e. The van der Waals surface area contributed by atoms with E-state index in [0.29, 0.717) is 6.42 Å². The third kappa shape index (κ3) is 4.75. The highest BCUT2D eigenvalue weighted by atomic mass is 19.1. The molecule has 1 aliphatic heterocycles. The van der Waals surface area contributed by atoms with E-state index in [0.717, 1.165) is 18.2 Å². The zero-order valence-electron chi connectivity index (χ0n) is 14.8. The maximum absolute atomic E-state index is 14.2. The first-order valence-electron chi connectivity index (χ1n) is 8.21. The lowest BCUT2D eigenvalue weighted by Crippen LogP contribution is -2.53. The Morgan fingerprint density at radius 3 is 2.64 bits per heavy atom. The van der Waals surface area contributed by atoms with E-state index in [4.69, 9.17) is 9.47 Å². The van der Waals surface area contributed by atoms with Crippen LogP contribution in [0.1, 0.15) is 45.8 Å². The third-order valence-corrected chi connectivity index (χ3v) is 3.97. The standard InChI is InChI=1S/C18H23F2NO4/c1-5-11-14(22)9-24-16(12-8-10(19)6-7-13(12)20)15(11)21-17(23)25-18(2,3)4/h6-8,11,15-16H,5,9H2,1-4H3,(H,21,23)/t11?,15-,16+/m0/s1. The van der Waals surface area contributed by atoms with Crippen LogP contribution < -0.4 is 5.32 Å². The Morgan fingerprint density at radius 1 is 1.36 bits per heavy atom. The summed E-state index contributed by atoms with van der Waals surface area (Å²) in [6.45, 7) is 6.69. The van der Waals surface area contributed by atoms with Crippen LogP contribution in [0.3, 0.4) is 0 Å². The summed E-state index contributed by atoms with van der Waals surface area (Å²) in [6.07, 6.45) is -1.29. The molecule has 1 amide bonds. The van der Waals surface area contributed by atoms with Crippen molar-refractivity contribution in [1.82, 2.24) is 5.32 Å². The second-order valence-corrected chi connectivity index (χ2v) is 7.05. The van der Waals surface area contributed by atoms with Gasteiger partial charge in [0.05, 0.1) is 6.04 Å². The summed E-state index contributed by atoms with van der Waals surface area (Å²) in [5, 5.41) is 2.61. The maximum atomic E-state index is 14.2. The van der Waals surface area contributed by atoms with E-state index in [1.807, 2.05) is 0 Å². The van der Waals surface area contributed by atoms with Gasteiger partial charge in [-0.15, -0.1) is 0 Å². The molecule has 0 aromatic heterocycles. The Kier molecular flexibility index (Phi) is 5.77. The molecule has 0 radical (unpaired) electrons. The van der Waals surface area contributed by atoms with E-state index in [9.17, 15) is 18.4 Å². The summed E-state index contributed by atoms with van der Waals surface area (Å²) in [6, 6.07) is 2.17. The molecule has 7 heteroatoms. The fraction of sp³-hybridized carbons (Fsp3) is 0.556. The average Bonchev–Trinajstić information content (AvgIpc) is 2.48. The van der Waals surface area contributed by atoms with E-state index in [2.05, 4.69) is 5.32 Å². The van der Waals surface area contributed by atoms with Crippen molar-refractivity contribution in [3.8, 4) is 0 Å². The number of nitrogens with one attached hydrogen (secondary N) is 1. The fourth-order valence-electron chi connectivity index (χ4n) is 2.91. The van der Waals surface area contributed by atoms with Crippen molar-refractivity contribution < 1.29 is 27.8 Å². The van der Waals surface area contributed by atoms with Gasteiger partial charge in [0.1, 0.15) is 29.9 Å². The number of benzene rings is 1. The molecular formula is C18H23F2NO4. The summed E-state index contributed by atoms with van der Waals surface area (Å²) in [5.74, 6) is -2.06. The molecule has 0 bridgehead atoms. The molecule has 0 aliphatic carbocycles. The molecule has 1 aromatic carbocycles. The van der Waals surface area contributed by atoms with Crippen molar-refractivity contribution in [1.29, 1.82) is 0 Å². The molecule has 1 aliphatic rings. The van der Waals surface area contributed by atoms with Gasteiger partial charge in [-0.1, -0.05) is 6.92 Å². The van der Waals surface area contributed by atoms with Crippen LogP contribution in [0.4, 0.5) is 13.6 Å². The number of alkyl carbamates (subject to hydrolysis) is 1. The smallest absolute Gasteiger partial charge is 0.407 e.